The van der Waals surface area contributed by atoms with E-state index in [1.807, 2.05) is 23.6 Å². The second-order valence-electron chi connectivity index (χ2n) is 7.67. The van der Waals surface area contributed by atoms with Crippen molar-refractivity contribution in [3.8, 4) is 0 Å². The van der Waals surface area contributed by atoms with Crippen molar-refractivity contribution in [1.82, 2.24) is 9.80 Å². The summed E-state index contributed by atoms with van der Waals surface area (Å²) in [6, 6.07) is -0.442. The number of amides is 2. The smallest absolute Gasteiger partial charge is 0.246 e. The predicted molar refractivity (Wildman–Crippen MR) is 79.1 cm³/mol. The maximum atomic E-state index is 12.9. The molecule has 0 radical (unpaired) electrons. The van der Waals surface area contributed by atoms with Crippen LogP contribution in [-0.2, 0) is 9.59 Å². The Bertz CT molecular complexity index is 411. The highest BCUT2D eigenvalue weighted by atomic mass is 16.2. The van der Waals surface area contributed by atoms with Crippen LogP contribution in [0.4, 0.5) is 0 Å². The van der Waals surface area contributed by atoms with Gasteiger partial charge < -0.3 is 9.80 Å². The van der Waals surface area contributed by atoms with Crippen LogP contribution in [0.15, 0.2) is 0 Å². The summed E-state index contributed by atoms with van der Waals surface area (Å²) >= 11 is 0. The Morgan fingerprint density at radius 1 is 1.10 bits per heavy atom. The van der Waals surface area contributed by atoms with E-state index in [1.165, 1.54) is 0 Å². The average Bonchev–Trinajstić information content (AvgIpc) is 2.80. The molecule has 0 N–H and O–H groups in total. The molecule has 2 amide bonds. The highest BCUT2D eigenvalue weighted by molar-refractivity contribution is 5.97. The highest BCUT2D eigenvalue weighted by Crippen LogP contribution is 2.35. The van der Waals surface area contributed by atoms with Crippen molar-refractivity contribution in [3.05, 3.63) is 0 Å². The predicted octanol–water partition coefficient (Wildman–Crippen LogP) is 2.28. The van der Waals surface area contributed by atoms with Gasteiger partial charge in [0.2, 0.25) is 11.8 Å². The lowest BCUT2D eigenvalue weighted by Crippen LogP contribution is -2.67. The van der Waals surface area contributed by atoms with E-state index in [-0.39, 0.29) is 41.3 Å². The zero-order valence-corrected chi connectivity index (χ0v) is 13.6. The number of carbonyl (C=O) groups excluding carboxylic acids is 2. The van der Waals surface area contributed by atoms with Gasteiger partial charge in [0.1, 0.15) is 12.1 Å². The molecule has 2 saturated heterocycles. The molecule has 0 spiro atoms. The van der Waals surface area contributed by atoms with Gasteiger partial charge in [-0.15, -0.1) is 0 Å². The lowest BCUT2D eigenvalue weighted by molar-refractivity contribution is -0.166. The Hall–Kier alpha value is -1.06. The Kier molecular flexibility index (Phi) is 3.87. The Labute approximate surface area is 122 Å². The summed E-state index contributed by atoms with van der Waals surface area (Å²) in [5.74, 6) is 0.458. The minimum Gasteiger partial charge on any atom is -0.329 e. The SMILES string of the molecule is CC(C)C1C(=O)N2CCCC2C(=O)N1C(C)C(C)(C)C. The molecule has 2 heterocycles. The van der Waals surface area contributed by atoms with Crippen LogP contribution in [0.5, 0.6) is 0 Å². The number of carbonyl (C=O) groups is 2. The molecule has 2 aliphatic rings. The van der Waals surface area contributed by atoms with Gasteiger partial charge >= 0.3 is 0 Å². The Morgan fingerprint density at radius 3 is 2.20 bits per heavy atom. The first-order chi connectivity index (χ1) is 9.16. The Morgan fingerprint density at radius 2 is 1.70 bits per heavy atom. The summed E-state index contributed by atoms with van der Waals surface area (Å²) in [5, 5.41) is 0. The number of rotatable bonds is 2. The highest BCUT2D eigenvalue weighted by Gasteiger charge is 2.51. The van der Waals surface area contributed by atoms with Gasteiger partial charge in [0.05, 0.1) is 0 Å². The first kappa shape index (κ1) is 15.3. The molecule has 0 bridgehead atoms. The molecule has 2 aliphatic heterocycles. The van der Waals surface area contributed by atoms with Crippen LogP contribution in [0.1, 0.15) is 54.4 Å². The molecule has 4 nitrogen and oxygen atoms in total. The van der Waals surface area contributed by atoms with Crippen LogP contribution < -0.4 is 0 Å². The topological polar surface area (TPSA) is 40.6 Å². The molecular weight excluding hydrogens is 252 g/mol. The van der Waals surface area contributed by atoms with E-state index in [9.17, 15) is 9.59 Å². The molecule has 3 atom stereocenters. The van der Waals surface area contributed by atoms with Gasteiger partial charge in [-0.1, -0.05) is 34.6 Å². The van der Waals surface area contributed by atoms with Crippen molar-refractivity contribution in [2.24, 2.45) is 11.3 Å². The molecule has 0 aromatic carbocycles. The number of fused-ring (bicyclic) bond motifs is 1. The normalized spacial score (nSPS) is 29.1. The third-order valence-corrected chi connectivity index (χ3v) is 4.93. The lowest BCUT2D eigenvalue weighted by Gasteiger charge is -2.49. The van der Waals surface area contributed by atoms with E-state index in [1.54, 1.807) is 0 Å². The number of piperazine rings is 1. The van der Waals surface area contributed by atoms with Crippen LogP contribution >= 0.6 is 0 Å². The number of nitrogens with zero attached hydrogens (tertiary/aromatic N) is 2. The van der Waals surface area contributed by atoms with Gasteiger partial charge in [0, 0.05) is 12.6 Å². The first-order valence-electron chi connectivity index (χ1n) is 7.79. The molecule has 2 rings (SSSR count). The van der Waals surface area contributed by atoms with E-state index < -0.39 is 0 Å². The number of hydrogen-bond acceptors (Lipinski definition) is 2. The van der Waals surface area contributed by atoms with E-state index in [0.29, 0.717) is 0 Å². The fourth-order valence-electron chi connectivity index (χ4n) is 3.34. The lowest BCUT2D eigenvalue weighted by atomic mass is 9.83. The van der Waals surface area contributed by atoms with Gasteiger partial charge in [0.15, 0.2) is 0 Å². The summed E-state index contributed by atoms with van der Waals surface area (Å²) < 4.78 is 0. The van der Waals surface area contributed by atoms with E-state index in [2.05, 4.69) is 27.7 Å². The summed E-state index contributed by atoms with van der Waals surface area (Å²) in [6.45, 7) is 13.3. The first-order valence-corrected chi connectivity index (χ1v) is 7.79. The van der Waals surface area contributed by atoms with Gasteiger partial charge in [-0.3, -0.25) is 9.59 Å². The van der Waals surface area contributed by atoms with Crippen molar-refractivity contribution in [3.63, 3.8) is 0 Å². The maximum Gasteiger partial charge on any atom is 0.246 e. The molecule has 0 aromatic heterocycles. The molecule has 4 heteroatoms. The molecule has 20 heavy (non-hydrogen) atoms. The van der Waals surface area contributed by atoms with Gasteiger partial charge in [-0.2, -0.15) is 0 Å². The minimum atomic E-state index is -0.300. The summed E-state index contributed by atoms with van der Waals surface area (Å²) in [7, 11) is 0. The van der Waals surface area contributed by atoms with Crippen LogP contribution in [0.2, 0.25) is 0 Å². The van der Waals surface area contributed by atoms with E-state index >= 15 is 0 Å². The van der Waals surface area contributed by atoms with E-state index in [4.69, 9.17) is 0 Å². The van der Waals surface area contributed by atoms with Crippen molar-refractivity contribution >= 4 is 11.8 Å². The zero-order valence-electron chi connectivity index (χ0n) is 13.6. The van der Waals surface area contributed by atoms with Crippen LogP contribution in [0, 0.1) is 11.3 Å². The van der Waals surface area contributed by atoms with Crippen LogP contribution in [0.25, 0.3) is 0 Å². The van der Waals surface area contributed by atoms with Gasteiger partial charge in [0.25, 0.3) is 0 Å². The van der Waals surface area contributed by atoms with Crippen molar-refractivity contribution in [2.45, 2.75) is 72.5 Å². The van der Waals surface area contributed by atoms with Gasteiger partial charge in [-0.25, -0.2) is 0 Å². The van der Waals surface area contributed by atoms with Gasteiger partial charge in [-0.05, 0) is 31.1 Å². The fraction of sp³-hybridized carbons (Fsp3) is 0.875. The second kappa shape index (κ2) is 5.05. The van der Waals surface area contributed by atoms with Crippen molar-refractivity contribution < 1.29 is 9.59 Å². The Balaban J connectivity index is 2.40. The molecule has 0 aliphatic carbocycles. The fourth-order valence-corrected chi connectivity index (χ4v) is 3.34. The molecule has 2 fully saturated rings. The molecule has 0 aromatic rings. The average molecular weight is 280 g/mol. The molecular formula is C16H28N2O2. The zero-order chi connectivity index (χ0) is 15.2. The monoisotopic (exact) mass is 280 g/mol. The third-order valence-electron chi connectivity index (χ3n) is 4.93. The maximum absolute atomic E-state index is 12.9. The van der Waals surface area contributed by atoms with Crippen molar-refractivity contribution in [1.29, 1.82) is 0 Å². The molecule has 3 unspecified atom stereocenters. The quantitative estimate of drug-likeness (QED) is 0.778. The largest absolute Gasteiger partial charge is 0.329 e. The summed E-state index contributed by atoms with van der Waals surface area (Å²) in [5.41, 5.74) is -0.0240. The molecule has 0 saturated carbocycles. The summed E-state index contributed by atoms with van der Waals surface area (Å²) in [6.07, 6.45) is 1.77. The molecule has 114 valence electrons. The van der Waals surface area contributed by atoms with Crippen molar-refractivity contribution in [2.75, 3.05) is 6.54 Å². The van der Waals surface area contributed by atoms with E-state index in [0.717, 1.165) is 19.4 Å². The third kappa shape index (κ3) is 2.33. The summed E-state index contributed by atoms with van der Waals surface area (Å²) in [4.78, 5) is 29.4. The van der Waals surface area contributed by atoms with Crippen LogP contribution in [-0.4, -0.2) is 46.3 Å². The van der Waals surface area contributed by atoms with Crippen LogP contribution in [0.3, 0.4) is 0 Å². The minimum absolute atomic E-state index is 0.0240. The number of hydrogen-bond donors (Lipinski definition) is 0. The standard InChI is InChI=1S/C16H28N2O2/c1-10(2)13-15(20)17-9-7-8-12(17)14(19)18(13)11(3)16(4,5)6/h10-13H,7-9H2,1-6H3. The second-order valence-corrected chi connectivity index (χ2v) is 7.67.